The van der Waals surface area contributed by atoms with E-state index < -0.39 is 0 Å². The van der Waals surface area contributed by atoms with E-state index in [4.69, 9.17) is 4.74 Å². The number of aryl methyl sites for hydroxylation is 1. The van der Waals surface area contributed by atoms with Crippen LogP contribution in [0.25, 0.3) is 0 Å². The molecule has 0 aliphatic carbocycles. The van der Waals surface area contributed by atoms with E-state index in [0.29, 0.717) is 24.6 Å². The Morgan fingerprint density at radius 1 is 1.40 bits per heavy atom. The van der Waals surface area contributed by atoms with E-state index >= 15 is 0 Å². The molecule has 20 heavy (non-hydrogen) atoms. The predicted molar refractivity (Wildman–Crippen MR) is 81.3 cm³/mol. The molecule has 1 amide bonds. The van der Waals surface area contributed by atoms with Gasteiger partial charge in [-0.3, -0.25) is 4.79 Å². The van der Waals surface area contributed by atoms with Crippen LogP contribution in [0.5, 0.6) is 5.88 Å². The van der Waals surface area contributed by atoms with E-state index in [1.807, 2.05) is 13.0 Å². The van der Waals surface area contributed by atoms with Crippen molar-refractivity contribution in [1.82, 2.24) is 4.98 Å². The number of rotatable bonds is 7. The molecule has 106 valence electrons. The number of ether oxygens (including phenoxy) is 1. The summed E-state index contributed by atoms with van der Waals surface area (Å²) in [4.78, 5) is 17.3. The van der Waals surface area contributed by atoms with Gasteiger partial charge in [-0.05, 0) is 43.3 Å². The SMILES string of the molecule is CCOc1ncccc1NC(=O)CCCc1cccs1. The molecule has 0 unspecified atom stereocenters. The van der Waals surface area contributed by atoms with Crippen molar-refractivity contribution in [3.63, 3.8) is 0 Å². The lowest BCUT2D eigenvalue weighted by atomic mass is 10.2. The maximum Gasteiger partial charge on any atom is 0.237 e. The molecule has 0 bridgehead atoms. The normalized spacial score (nSPS) is 10.2. The van der Waals surface area contributed by atoms with E-state index in [-0.39, 0.29) is 5.91 Å². The third-order valence-corrected chi connectivity index (χ3v) is 3.67. The summed E-state index contributed by atoms with van der Waals surface area (Å²) >= 11 is 1.73. The summed E-state index contributed by atoms with van der Waals surface area (Å²) in [5.74, 6) is 0.470. The fraction of sp³-hybridized carbons (Fsp3) is 0.333. The van der Waals surface area contributed by atoms with Gasteiger partial charge in [-0.25, -0.2) is 4.98 Å². The van der Waals surface area contributed by atoms with Gasteiger partial charge >= 0.3 is 0 Å². The van der Waals surface area contributed by atoms with Crippen LogP contribution in [-0.4, -0.2) is 17.5 Å². The molecule has 0 aromatic carbocycles. The van der Waals surface area contributed by atoms with Crippen LogP contribution in [-0.2, 0) is 11.2 Å². The number of anilines is 1. The van der Waals surface area contributed by atoms with Crippen molar-refractivity contribution in [1.29, 1.82) is 0 Å². The number of thiophene rings is 1. The average molecular weight is 290 g/mol. The average Bonchev–Trinajstić information content (AvgIpc) is 2.94. The molecule has 1 N–H and O–H groups in total. The van der Waals surface area contributed by atoms with Gasteiger partial charge in [-0.15, -0.1) is 11.3 Å². The Labute approximate surface area is 122 Å². The van der Waals surface area contributed by atoms with Crippen LogP contribution in [0.4, 0.5) is 5.69 Å². The highest BCUT2D eigenvalue weighted by molar-refractivity contribution is 7.09. The molecule has 0 saturated heterocycles. The summed E-state index contributed by atoms with van der Waals surface area (Å²) < 4.78 is 5.38. The monoisotopic (exact) mass is 290 g/mol. The van der Waals surface area contributed by atoms with Gasteiger partial charge in [0.25, 0.3) is 0 Å². The highest BCUT2D eigenvalue weighted by Gasteiger charge is 2.08. The van der Waals surface area contributed by atoms with Crippen molar-refractivity contribution in [2.75, 3.05) is 11.9 Å². The molecule has 0 aliphatic heterocycles. The molecule has 0 aliphatic rings. The van der Waals surface area contributed by atoms with Crippen LogP contribution in [0.15, 0.2) is 35.8 Å². The first-order valence-corrected chi connectivity index (χ1v) is 7.57. The number of nitrogens with zero attached hydrogens (tertiary/aromatic N) is 1. The van der Waals surface area contributed by atoms with Crippen molar-refractivity contribution in [2.24, 2.45) is 0 Å². The summed E-state index contributed by atoms with van der Waals surface area (Å²) in [6.45, 7) is 2.42. The molecule has 0 atom stereocenters. The van der Waals surface area contributed by atoms with Crippen LogP contribution in [0.2, 0.25) is 0 Å². The topological polar surface area (TPSA) is 51.2 Å². The minimum atomic E-state index is -0.00416. The van der Waals surface area contributed by atoms with E-state index in [9.17, 15) is 4.79 Å². The van der Waals surface area contributed by atoms with Gasteiger partial charge in [-0.2, -0.15) is 0 Å². The fourth-order valence-electron chi connectivity index (χ4n) is 1.83. The zero-order valence-electron chi connectivity index (χ0n) is 11.5. The Hall–Kier alpha value is -1.88. The lowest BCUT2D eigenvalue weighted by Gasteiger charge is -2.09. The maximum absolute atomic E-state index is 11.9. The molecule has 0 radical (unpaired) electrons. The van der Waals surface area contributed by atoms with Crippen LogP contribution in [0.3, 0.4) is 0 Å². The molecule has 0 fully saturated rings. The summed E-state index contributed by atoms with van der Waals surface area (Å²) in [6, 6.07) is 7.71. The minimum absolute atomic E-state index is 0.00416. The number of hydrogen-bond donors (Lipinski definition) is 1. The fourth-order valence-corrected chi connectivity index (χ4v) is 2.58. The second-order valence-corrected chi connectivity index (χ2v) is 5.30. The summed E-state index contributed by atoms with van der Waals surface area (Å²) in [5, 5.41) is 4.91. The Kier molecular flexibility index (Phi) is 5.55. The van der Waals surface area contributed by atoms with Crippen LogP contribution < -0.4 is 10.1 Å². The van der Waals surface area contributed by atoms with Crippen molar-refractivity contribution < 1.29 is 9.53 Å². The Balaban J connectivity index is 1.82. The van der Waals surface area contributed by atoms with Crippen LogP contribution >= 0.6 is 11.3 Å². The van der Waals surface area contributed by atoms with Crippen molar-refractivity contribution >= 4 is 22.9 Å². The molecule has 0 spiro atoms. The molecular weight excluding hydrogens is 272 g/mol. The van der Waals surface area contributed by atoms with Gasteiger partial charge in [0.15, 0.2) is 0 Å². The first kappa shape index (κ1) is 14.5. The molecule has 4 nitrogen and oxygen atoms in total. The number of hydrogen-bond acceptors (Lipinski definition) is 4. The van der Waals surface area contributed by atoms with Crippen molar-refractivity contribution in [3.05, 3.63) is 40.7 Å². The largest absolute Gasteiger partial charge is 0.476 e. The smallest absolute Gasteiger partial charge is 0.237 e. The summed E-state index contributed by atoms with van der Waals surface area (Å²) in [6.07, 6.45) is 3.93. The molecule has 2 aromatic heterocycles. The van der Waals surface area contributed by atoms with Crippen LogP contribution in [0.1, 0.15) is 24.6 Å². The van der Waals surface area contributed by atoms with Crippen molar-refractivity contribution in [2.45, 2.75) is 26.2 Å². The third-order valence-electron chi connectivity index (χ3n) is 2.73. The number of carbonyl (C=O) groups is 1. The third kappa shape index (κ3) is 4.35. The van der Waals surface area contributed by atoms with Crippen molar-refractivity contribution in [3.8, 4) is 5.88 Å². The first-order valence-electron chi connectivity index (χ1n) is 6.69. The summed E-state index contributed by atoms with van der Waals surface area (Å²) in [7, 11) is 0. The highest BCUT2D eigenvalue weighted by atomic mass is 32.1. The van der Waals surface area contributed by atoms with Gasteiger partial charge in [0.1, 0.15) is 5.69 Å². The number of pyridine rings is 1. The Bertz CT molecular complexity index is 541. The Morgan fingerprint density at radius 3 is 3.05 bits per heavy atom. The number of nitrogens with one attached hydrogen (secondary N) is 1. The molecule has 2 aromatic rings. The van der Waals surface area contributed by atoms with Gasteiger partial charge in [0.05, 0.1) is 6.61 Å². The number of carbonyl (C=O) groups excluding carboxylic acids is 1. The lowest BCUT2D eigenvalue weighted by Crippen LogP contribution is -2.13. The van der Waals surface area contributed by atoms with Gasteiger partial charge in [0, 0.05) is 17.5 Å². The van der Waals surface area contributed by atoms with Gasteiger partial charge in [0.2, 0.25) is 11.8 Å². The number of amides is 1. The predicted octanol–water partition coefficient (Wildman–Crippen LogP) is 3.50. The first-order chi connectivity index (χ1) is 9.79. The zero-order valence-corrected chi connectivity index (χ0v) is 12.3. The Morgan fingerprint density at radius 2 is 2.30 bits per heavy atom. The van der Waals surface area contributed by atoms with Gasteiger partial charge < -0.3 is 10.1 Å². The number of aromatic nitrogens is 1. The maximum atomic E-state index is 11.9. The molecule has 5 heteroatoms. The van der Waals surface area contributed by atoms with E-state index in [1.54, 1.807) is 29.7 Å². The quantitative estimate of drug-likeness (QED) is 0.849. The highest BCUT2D eigenvalue weighted by Crippen LogP contribution is 2.21. The van der Waals surface area contributed by atoms with Crippen LogP contribution in [0, 0.1) is 0 Å². The van der Waals surface area contributed by atoms with E-state index in [2.05, 4.69) is 21.7 Å². The minimum Gasteiger partial charge on any atom is -0.476 e. The second kappa shape index (κ2) is 7.65. The van der Waals surface area contributed by atoms with Gasteiger partial charge in [-0.1, -0.05) is 6.07 Å². The standard InChI is InChI=1S/C15H18N2O2S/c1-2-19-15-13(8-4-10-16-15)17-14(18)9-3-6-12-7-5-11-20-12/h4-5,7-8,10-11H,2-3,6,9H2,1H3,(H,17,18). The van der Waals surface area contributed by atoms with E-state index in [1.165, 1.54) is 4.88 Å². The van der Waals surface area contributed by atoms with E-state index in [0.717, 1.165) is 12.8 Å². The summed E-state index contributed by atoms with van der Waals surface area (Å²) in [5.41, 5.74) is 0.635. The second-order valence-electron chi connectivity index (χ2n) is 4.27. The molecule has 0 saturated carbocycles. The molecular formula is C15H18N2O2S. The zero-order chi connectivity index (χ0) is 14.2. The lowest BCUT2D eigenvalue weighted by molar-refractivity contribution is -0.116. The molecule has 2 heterocycles. The molecule has 2 rings (SSSR count).